The van der Waals surface area contributed by atoms with E-state index in [-0.39, 0.29) is 11.7 Å². The van der Waals surface area contributed by atoms with Crippen LogP contribution in [0.25, 0.3) is 0 Å². The molecule has 2 aromatic carbocycles. The summed E-state index contributed by atoms with van der Waals surface area (Å²) in [7, 11) is 0. The van der Waals surface area contributed by atoms with Gasteiger partial charge in [-0.05, 0) is 36.6 Å². The Morgan fingerprint density at radius 1 is 1.03 bits per heavy atom. The molecule has 0 aliphatic carbocycles. The first kappa shape index (κ1) is 22.1. The summed E-state index contributed by atoms with van der Waals surface area (Å²) >= 11 is 1.50. The number of unbranched alkanes of at least 4 members (excludes halogenated alkanes) is 1. The molecular weight excluding hydrogens is 397 g/mol. The highest BCUT2D eigenvalue weighted by Crippen LogP contribution is 2.18. The van der Waals surface area contributed by atoms with E-state index in [2.05, 4.69) is 53.3 Å². The van der Waals surface area contributed by atoms with Crippen molar-refractivity contribution in [2.75, 3.05) is 6.54 Å². The lowest BCUT2D eigenvalue weighted by Crippen LogP contribution is -2.25. The van der Waals surface area contributed by atoms with Gasteiger partial charge in [-0.25, -0.2) is 9.37 Å². The third kappa shape index (κ3) is 6.75. The van der Waals surface area contributed by atoms with Gasteiger partial charge in [-0.2, -0.15) is 0 Å². The fraction of sp³-hybridized carbons (Fsp3) is 0.333. The third-order valence-electron chi connectivity index (χ3n) is 4.81. The van der Waals surface area contributed by atoms with E-state index >= 15 is 0 Å². The molecule has 158 valence electrons. The second-order valence-electron chi connectivity index (χ2n) is 7.49. The van der Waals surface area contributed by atoms with Gasteiger partial charge >= 0.3 is 0 Å². The van der Waals surface area contributed by atoms with Crippen molar-refractivity contribution < 1.29 is 9.18 Å². The lowest BCUT2D eigenvalue weighted by atomic mass is 10.1. The average molecular weight is 426 g/mol. The number of rotatable bonds is 10. The number of hydrogen-bond donors (Lipinski definition) is 1. The lowest BCUT2D eigenvalue weighted by molar-refractivity contribution is 0.0948. The first-order valence-corrected chi connectivity index (χ1v) is 11.2. The van der Waals surface area contributed by atoms with Crippen molar-refractivity contribution >= 4 is 17.2 Å². The summed E-state index contributed by atoms with van der Waals surface area (Å²) in [4.78, 5) is 19.1. The molecule has 0 saturated heterocycles. The molecule has 0 fully saturated rings. The van der Waals surface area contributed by atoms with Crippen LogP contribution >= 0.6 is 11.3 Å². The van der Waals surface area contributed by atoms with Gasteiger partial charge in [-0.1, -0.05) is 55.3 Å². The van der Waals surface area contributed by atoms with E-state index in [1.165, 1.54) is 34.6 Å². The monoisotopic (exact) mass is 425 g/mol. The molecule has 0 radical (unpaired) electrons. The summed E-state index contributed by atoms with van der Waals surface area (Å²) < 4.78 is 13.3. The Kier molecular flexibility index (Phi) is 8.11. The number of aromatic nitrogens is 1. The molecule has 3 aromatic rings. The Labute approximate surface area is 181 Å². The average Bonchev–Trinajstić information content (AvgIpc) is 3.20. The molecule has 3 rings (SSSR count). The number of carbonyl (C=O) groups excluding carboxylic acids is 1. The maximum atomic E-state index is 13.3. The Morgan fingerprint density at radius 2 is 1.67 bits per heavy atom. The fourth-order valence-electron chi connectivity index (χ4n) is 3.12. The van der Waals surface area contributed by atoms with E-state index < -0.39 is 0 Å². The summed E-state index contributed by atoms with van der Waals surface area (Å²) in [5.41, 5.74) is 3.94. The third-order valence-corrected chi connectivity index (χ3v) is 5.64. The van der Waals surface area contributed by atoms with E-state index in [0.717, 1.165) is 30.0 Å². The minimum absolute atomic E-state index is 0.116. The normalized spacial score (nSPS) is 11.1. The van der Waals surface area contributed by atoms with Crippen LogP contribution in [0, 0.1) is 12.7 Å². The summed E-state index contributed by atoms with van der Waals surface area (Å²) in [6.45, 7) is 6.88. The molecule has 0 aliphatic rings. The van der Waals surface area contributed by atoms with Crippen molar-refractivity contribution in [1.82, 2.24) is 15.2 Å². The Bertz CT molecular complexity index is 890. The van der Waals surface area contributed by atoms with Gasteiger partial charge in [0.1, 0.15) is 16.5 Å². The number of halogens is 1. The van der Waals surface area contributed by atoms with Gasteiger partial charge in [-0.15, -0.1) is 11.3 Å². The van der Waals surface area contributed by atoms with Crippen LogP contribution in [-0.4, -0.2) is 22.3 Å². The second kappa shape index (κ2) is 11.0. The maximum Gasteiger partial charge on any atom is 0.270 e. The molecule has 1 N–H and O–H groups in total. The number of hydrogen-bond acceptors (Lipinski definition) is 4. The molecule has 1 amide bonds. The van der Waals surface area contributed by atoms with E-state index in [4.69, 9.17) is 0 Å². The predicted octanol–water partition coefficient (Wildman–Crippen LogP) is 5.32. The van der Waals surface area contributed by atoms with Crippen LogP contribution in [0.4, 0.5) is 4.39 Å². The van der Waals surface area contributed by atoms with Gasteiger partial charge in [0.25, 0.3) is 5.91 Å². The number of benzene rings is 2. The number of nitrogens with zero attached hydrogens (tertiary/aromatic N) is 2. The smallest absolute Gasteiger partial charge is 0.270 e. The highest BCUT2D eigenvalue weighted by atomic mass is 32.1. The van der Waals surface area contributed by atoms with Crippen molar-refractivity contribution in [2.45, 2.75) is 46.3 Å². The van der Waals surface area contributed by atoms with Gasteiger partial charge < -0.3 is 5.32 Å². The van der Waals surface area contributed by atoms with Crippen LogP contribution in [0.3, 0.4) is 0 Å². The van der Waals surface area contributed by atoms with Gasteiger partial charge in [0.05, 0.1) is 6.54 Å². The van der Waals surface area contributed by atoms with E-state index in [0.29, 0.717) is 25.3 Å². The fourth-order valence-corrected chi connectivity index (χ4v) is 3.93. The predicted molar refractivity (Wildman–Crippen MR) is 120 cm³/mol. The summed E-state index contributed by atoms with van der Waals surface area (Å²) in [5, 5.41) is 5.62. The minimum atomic E-state index is -0.234. The van der Waals surface area contributed by atoms with Crippen molar-refractivity contribution in [3.63, 3.8) is 0 Å². The van der Waals surface area contributed by atoms with E-state index in [1.807, 2.05) is 17.5 Å². The zero-order valence-electron chi connectivity index (χ0n) is 17.5. The highest BCUT2D eigenvalue weighted by Gasteiger charge is 2.14. The first-order valence-electron chi connectivity index (χ1n) is 10.3. The summed E-state index contributed by atoms with van der Waals surface area (Å²) in [6, 6.07) is 15.1. The molecule has 0 bridgehead atoms. The van der Waals surface area contributed by atoms with Crippen LogP contribution in [0.1, 0.15) is 52.0 Å². The van der Waals surface area contributed by atoms with Crippen molar-refractivity contribution in [2.24, 2.45) is 0 Å². The molecule has 0 atom stereocenters. The summed E-state index contributed by atoms with van der Waals surface area (Å²) in [5.74, 6) is -0.350. The van der Waals surface area contributed by atoms with Crippen LogP contribution in [0.15, 0.2) is 53.9 Å². The van der Waals surface area contributed by atoms with Crippen LogP contribution in [-0.2, 0) is 19.6 Å². The molecule has 0 aliphatic heterocycles. The van der Waals surface area contributed by atoms with Crippen molar-refractivity contribution in [3.05, 3.63) is 87.1 Å². The van der Waals surface area contributed by atoms with E-state index in [9.17, 15) is 9.18 Å². The number of aryl methyl sites for hydroxylation is 1. The molecule has 4 nitrogen and oxygen atoms in total. The SMILES string of the molecule is CCCCNC(=O)c1csc(CN(Cc2ccc(C)cc2)Cc2ccc(F)cc2)n1. The van der Waals surface area contributed by atoms with Crippen molar-refractivity contribution in [1.29, 1.82) is 0 Å². The molecule has 0 spiro atoms. The number of nitrogens with one attached hydrogen (secondary N) is 1. The molecular formula is C24H28FN3OS. The van der Waals surface area contributed by atoms with E-state index in [1.54, 1.807) is 0 Å². The zero-order valence-corrected chi connectivity index (χ0v) is 18.3. The van der Waals surface area contributed by atoms with Gasteiger partial charge in [0.2, 0.25) is 0 Å². The maximum absolute atomic E-state index is 13.3. The standard InChI is InChI=1S/C24H28FN3OS/c1-3-4-13-26-24(29)22-17-30-23(27-22)16-28(14-19-7-5-18(2)6-8-19)15-20-9-11-21(25)12-10-20/h5-12,17H,3-4,13-16H2,1-2H3,(H,26,29). The molecule has 0 saturated carbocycles. The largest absolute Gasteiger partial charge is 0.351 e. The van der Waals surface area contributed by atoms with Crippen LogP contribution < -0.4 is 5.32 Å². The van der Waals surface area contributed by atoms with Crippen LogP contribution in [0.5, 0.6) is 0 Å². The van der Waals surface area contributed by atoms with Crippen molar-refractivity contribution in [3.8, 4) is 0 Å². The topological polar surface area (TPSA) is 45.2 Å². The minimum Gasteiger partial charge on any atom is -0.351 e. The van der Waals surface area contributed by atoms with Gasteiger partial charge in [0.15, 0.2) is 0 Å². The molecule has 1 aromatic heterocycles. The second-order valence-corrected chi connectivity index (χ2v) is 8.44. The zero-order chi connectivity index (χ0) is 21.3. The Balaban J connectivity index is 1.70. The number of carbonyl (C=O) groups is 1. The molecule has 1 heterocycles. The Hall–Kier alpha value is -2.57. The number of amides is 1. The summed E-state index contributed by atoms with van der Waals surface area (Å²) in [6.07, 6.45) is 2.00. The first-order chi connectivity index (χ1) is 14.5. The van der Waals surface area contributed by atoms with Gasteiger partial charge in [0, 0.05) is 25.0 Å². The molecule has 30 heavy (non-hydrogen) atoms. The Morgan fingerprint density at radius 3 is 2.30 bits per heavy atom. The molecule has 0 unspecified atom stereocenters. The quantitative estimate of drug-likeness (QED) is 0.447. The molecule has 6 heteroatoms. The van der Waals surface area contributed by atoms with Crippen LogP contribution in [0.2, 0.25) is 0 Å². The lowest BCUT2D eigenvalue weighted by Gasteiger charge is -2.21. The van der Waals surface area contributed by atoms with Gasteiger partial charge in [-0.3, -0.25) is 9.69 Å². The number of thiazole rings is 1. The highest BCUT2D eigenvalue weighted by molar-refractivity contribution is 7.09.